The number of rotatable bonds is 5. The Kier molecular flexibility index (Phi) is 4.74. The van der Waals surface area contributed by atoms with E-state index in [1.165, 1.54) is 7.11 Å². The van der Waals surface area contributed by atoms with Crippen molar-refractivity contribution in [1.29, 1.82) is 0 Å². The standard InChI is InChI=1S/C11H21NO5S/c1-11(2)5-4-6-12(9(11)10(13)14)18(15,16)8-7-17-3/h9H,4-8H2,1-3H3,(H,13,14). The molecule has 1 N–H and O–H groups in total. The molecular formula is C11H21NO5S. The lowest BCUT2D eigenvalue weighted by atomic mass is 9.77. The number of hydrogen-bond donors (Lipinski definition) is 1. The maximum atomic E-state index is 12.1. The number of aliphatic carboxylic acids is 1. The van der Waals surface area contributed by atoms with Gasteiger partial charge in [0.25, 0.3) is 0 Å². The average Bonchev–Trinajstić information content (AvgIpc) is 2.24. The third-order valence-electron chi connectivity index (χ3n) is 3.36. The van der Waals surface area contributed by atoms with Gasteiger partial charge in [0, 0.05) is 13.7 Å². The van der Waals surface area contributed by atoms with Crippen LogP contribution in [0.4, 0.5) is 0 Å². The number of piperidine rings is 1. The van der Waals surface area contributed by atoms with E-state index in [9.17, 15) is 18.3 Å². The highest BCUT2D eigenvalue weighted by atomic mass is 32.2. The van der Waals surface area contributed by atoms with E-state index in [0.29, 0.717) is 12.8 Å². The Hall–Kier alpha value is -0.660. The topological polar surface area (TPSA) is 83.9 Å². The van der Waals surface area contributed by atoms with Crippen LogP contribution in [0.15, 0.2) is 0 Å². The van der Waals surface area contributed by atoms with Crippen LogP contribution in [0.5, 0.6) is 0 Å². The zero-order valence-corrected chi connectivity index (χ0v) is 11.9. The van der Waals surface area contributed by atoms with Gasteiger partial charge in [-0.15, -0.1) is 0 Å². The van der Waals surface area contributed by atoms with E-state index < -0.39 is 27.4 Å². The fourth-order valence-electron chi connectivity index (χ4n) is 2.41. The normalized spacial score (nSPS) is 24.9. The first-order chi connectivity index (χ1) is 8.22. The highest BCUT2D eigenvalue weighted by Gasteiger charge is 2.46. The van der Waals surface area contributed by atoms with Crippen molar-refractivity contribution in [3.63, 3.8) is 0 Å². The van der Waals surface area contributed by atoms with E-state index in [1.807, 2.05) is 0 Å². The van der Waals surface area contributed by atoms with Crippen molar-refractivity contribution < 1.29 is 23.1 Å². The van der Waals surface area contributed by atoms with Crippen LogP contribution in [0, 0.1) is 5.41 Å². The Morgan fingerprint density at radius 2 is 2.11 bits per heavy atom. The summed E-state index contributed by atoms with van der Waals surface area (Å²) in [7, 11) is -2.16. The number of ether oxygens (including phenoxy) is 1. The number of methoxy groups -OCH3 is 1. The van der Waals surface area contributed by atoms with Gasteiger partial charge in [-0.1, -0.05) is 13.8 Å². The van der Waals surface area contributed by atoms with Crippen molar-refractivity contribution in [1.82, 2.24) is 4.31 Å². The van der Waals surface area contributed by atoms with Crippen LogP contribution in [-0.4, -0.2) is 55.9 Å². The van der Waals surface area contributed by atoms with Gasteiger partial charge in [0.05, 0.1) is 12.4 Å². The minimum atomic E-state index is -3.58. The van der Waals surface area contributed by atoms with Crippen LogP contribution in [-0.2, 0) is 19.6 Å². The molecule has 7 heteroatoms. The van der Waals surface area contributed by atoms with Crippen molar-refractivity contribution in [2.45, 2.75) is 32.7 Å². The summed E-state index contributed by atoms with van der Waals surface area (Å²) in [6, 6.07) is -0.992. The second kappa shape index (κ2) is 5.54. The highest BCUT2D eigenvalue weighted by molar-refractivity contribution is 7.89. The van der Waals surface area contributed by atoms with Crippen LogP contribution < -0.4 is 0 Å². The molecule has 0 amide bonds. The van der Waals surface area contributed by atoms with Crippen molar-refractivity contribution in [3.05, 3.63) is 0 Å². The molecule has 18 heavy (non-hydrogen) atoms. The summed E-state index contributed by atoms with van der Waals surface area (Å²) < 4.78 is 30.1. The van der Waals surface area contributed by atoms with Gasteiger partial charge in [0.15, 0.2) is 0 Å². The Labute approximate surface area is 108 Å². The summed E-state index contributed by atoms with van der Waals surface area (Å²) in [5.74, 6) is -1.26. The van der Waals surface area contributed by atoms with E-state index >= 15 is 0 Å². The molecule has 1 rings (SSSR count). The number of sulfonamides is 1. The molecule has 1 aliphatic heterocycles. The average molecular weight is 279 g/mol. The summed E-state index contributed by atoms with van der Waals surface area (Å²) in [5, 5.41) is 9.30. The molecule has 6 nitrogen and oxygen atoms in total. The summed E-state index contributed by atoms with van der Waals surface area (Å²) in [6.07, 6.45) is 1.39. The van der Waals surface area contributed by atoms with Crippen molar-refractivity contribution in [2.24, 2.45) is 5.41 Å². The maximum absolute atomic E-state index is 12.1. The van der Waals surface area contributed by atoms with Crippen LogP contribution >= 0.6 is 0 Å². The van der Waals surface area contributed by atoms with Crippen molar-refractivity contribution in [3.8, 4) is 0 Å². The molecule has 0 aromatic carbocycles. The molecule has 0 aliphatic carbocycles. The molecular weight excluding hydrogens is 258 g/mol. The summed E-state index contributed by atoms with van der Waals surface area (Å²) >= 11 is 0. The van der Waals surface area contributed by atoms with Gasteiger partial charge in [-0.25, -0.2) is 8.42 Å². The maximum Gasteiger partial charge on any atom is 0.322 e. The molecule has 0 aromatic rings. The summed E-state index contributed by atoms with van der Waals surface area (Å²) in [4.78, 5) is 11.4. The van der Waals surface area contributed by atoms with Crippen LogP contribution in [0.2, 0.25) is 0 Å². The monoisotopic (exact) mass is 279 g/mol. The minimum Gasteiger partial charge on any atom is -0.480 e. The second-order valence-electron chi connectivity index (χ2n) is 5.25. The van der Waals surface area contributed by atoms with Gasteiger partial charge >= 0.3 is 5.97 Å². The lowest BCUT2D eigenvalue weighted by Crippen LogP contribution is -2.56. The fourth-order valence-corrected chi connectivity index (χ4v) is 4.12. The highest BCUT2D eigenvalue weighted by Crippen LogP contribution is 2.36. The molecule has 1 atom stereocenters. The van der Waals surface area contributed by atoms with Crippen LogP contribution in [0.3, 0.4) is 0 Å². The zero-order chi connectivity index (χ0) is 14.0. The third kappa shape index (κ3) is 3.21. The van der Waals surface area contributed by atoms with Gasteiger partial charge in [-0.05, 0) is 18.3 Å². The molecule has 1 unspecified atom stereocenters. The number of hydrogen-bond acceptors (Lipinski definition) is 4. The number of carboxylic acids is 1. The minimum absolute atomic E-state index is 0.0750. The Balaban J connectivity index is 3.01. The first-order valence-electron chi connectivity index (χ1n) is 5.93. The van der Waals surface area contributed by atoms with Crippen molar-refractivity contribution in [2.75, 3.05) is 26.0 Å². The largest absolute Gasteiger partial charge is 0.480 e. The van der Waals surface area contributed by atoms with Gasteiger partial charge in [0.2, 0.25) is 10.0 Å². The quantitative estimate of drug-likeness (QED) is 0.794. The Bertz CT molecular complexity index is 404. The Morgan fingerprint density at radius 3 is 2.61 bits per heavy atom. The predicted molar refractivity (Wildman–Crippen MR) is 66.8 cm³/mol. The first kappa shape index (κ1) is 15.4. The molecule has 1 aliphatic rings. The molecule has 1 fully saturated rings. The molecule has 106 valence electrons. The predicted octanol–water partition coefficient (Wildman–Crippen LogP) is 0.538. The molecule has 1 heterocycles. The number of carbonyl (C=O) groups is 1. The fraction of sp³-hybridized carbons (Fsp3) is 0.909. The van der Waals surface area contributed by atoms with Gasteiger partial charge < -0.3 is 9.84 Å². The van der Waals surface area contributed by atoms with Crippen molar-refractivity contribution >= 4 is 16.0 Å². The zero-order valence-electron chi connectivity index (χ0n) is 11.0. The molecule has 0 aromatic heterocycles. The van der Waals surface area contributed by atoms with Gasteiger partial charge in [0.1, 0.15) is 6.04 Å². The van der Waals surface area contributed by atoms with E-state index in [2.05, 4.69) is 0 Å². The number of carboxylic acid groups (broad SMARTS) is 1. The molecule has 1 saturated heterocycles. The van der Waals surface area contributed by atoms with E-state index in [1.54, 1.807) is 13.8 Å². The lowest BCUT2D eigenvalue weighted by molar-refractivity contribution is -0.147. The SMILES string of the molecule is COCCS(=O)(=O)N1CCCC(C)(C)C1C(=O)O. The van der Waals surface area contributed by atoms with Crippen LogP contribution in [0.25, 0.3) is 0 Å². The van der Waals surface area contributed by atoms with E-state index in [-0.39, 0.29) is 18.9 Å². The van der Waals surface area contributed by atoms with Crippen LogP contribution in [0.1, 0.15) is 26.7 Å². The molecule has 0 spiro atoms. The first-order valence-corrected chi connectivity index (χ1v) is 7.54. The second-order valence-corrected chi connectivity index (χ2v) is 7.29. The molecule has 0 saturated carbocycles. The third-order valence-corrected chi connectivity index (χ3v) is 5.16. The number of nitrogens with zero attached hydrogens (tertiary/aromatic N) is 1. The van der Waals surface area contributed by atoms with Gasteiger partial charge in [-0.2, -0.15) is 4.31 Å². The molecule has 0 bridgehead atoms. The Morgan fingerprint density at radius 1 is 1.50 bits per heavy atom. The van der Waals surface area contributed by atoms with E-state index in [4.69, 9.17) is 4.74 Å². The summed E-state index contributed by atoms with van der Waals surface area (Å²) in [5.41, 5.74) is -0.551. The van der Waals surface area contributed by atoms with Gasteiger partial charge in [-0.3, -0.25) is 4.79 Å². The smallest absolute Gasteiger partial charge is 0.322 e. The summed E-state index contributed by atoms with van der Waals surface area (Å²) in [6.45, 7) is 3.94. The lowest BCUT2D eigenvalue weighted by Gasteiger charge is -2.43. The molecule has 0 radical (unpaired) electrons. The van der Waals surface area contributed by atoms with E-state index in [0.717, 1.165) is 4.31 Å².